The Balaban J connectivity index is 0.994. The fourth-order valence-electron chi connectivity index (χ4n) is 11.5. The van der Waals surface area contributed by atoms with E-state index in [0.29, 0.717) is 17.5 Å². The highest BCUT2D eigenvalue weighted by Gasteiger charge is 2.29. The SMILES string of the molecule is c1ccc(-c2nc(-c3ccc(-n4c5ccc6sc7ccc8c9cccc%10c%11ccc4c4c5c6c7c8n(c9%10)c%114)c4ccccc34)nc(-c3cc4ccccc4c4ccccc34)n2)cc1. The molecule has 0 N–H and O–H groups in total. The van der Waals surface area contributed by atoms with E-state index in [9.17, 15) is 0 Å². The van der Waals surface area contributed by atoms with Gasteiger partial charge in [-0.2, -0.15) is 0 Å². The molecule has 0 unspecified atom stereocenters. The Morgan fingerprint density at radius 3 is 1.75 bits per heavy atom. The van der Waals surface area contributed by atoms with E-state index in [0.717, 1.165) is 43.9 Å². The van der Waals surface area contributed by atoms with Crippen molar-refractivity contribution in [2.75, 3.05) is 0 Å². The van der Waals surface area contributed by atoms with E-state index in [1.165, 1.54) is 90.8 Å². The molecule has 16 rings (SSSR count). The van der Waals surface area contributed by atoms with Gasteiger partial charge in [0.2, 0.25) is 0 Å². The molecule has 10 aromatic carbocycles. The van der Waals surface area contributed by atoms with Gasteiger partial charge in [0.05, 0.1) is 33.3 Å². The zero-order valence-corrected chi connectivity index (χ0v) is 34.2. The van der Waals surface area contributed by atoms with Gasteiger partial charge in [-0.05, 0) is 69.4 Å². The van der Waals surface area contributed by atoms with Crippen molar-refractivity contribution in [3.8, 4) is 39.9 Å². The van der Waals surface area contributed by atoms with Gasteiger partial charge in [0, 0.05) is 74.6 Å². The summed E-state index contributed by atoms with van der Waals surface area (Å²) in [6, 6.07) is 63.9. The monoisotopic (exact) mass is 815 g/mol. The van der Waals surface area contributed by atoms with Crippen molar-refractivity contribution in [1.29, 1.82) is 0 Å². The van der Waals surface area contributed by atoms with Crippen molar-refractivity contribution in [1.82, 2.24) is 23.9 Å². The van der Waals surface area contributed by atoms with E-state index in [4.69, 9.17) is 15.0 Å². The van der Waals surface area contributed by atoms with Gasteiger partial charge < -0.3 is 8.97 Å². The molecule has 288 valence electrons. The van der Waals surface area contributed by atoms with Gasteiger partial charge in [-0.1, -0.05) is 133 Å². The maximum absolute atomic E-state index is 5.39. The zero-order chi connectivity index (χ0) is 40.7. The van der Waals surface area contributed by atoms with Crippen LogP contribution in [0.4, 0.5) is 0 Å². The molecular weight excluding hydrogens is 787 g/mol. The van der Waals surface area contributed by atoms with E-state index in [-0.39, 0.29) is 0 Å². The molecule has 0 fully saturated rings. The Morgan fingerprint density at radius 1 is 0.349 bits per heavy atom. The average molecular weight is 816 g/mol. The number of fused-ring (bicyclic) bond motifs is 6. The first-order valence-corrected chi connectivity index (χ1v) is 22.3. The number of para-hydroxylation sites is 1. The number of hydrogen-bond donors (Lipinski definition) is 0. The molecule has 0 bridgehead atoms. The van der Waals surface area contributed by atoms with E-state index in [1.807, 2.05) is 29.5 Å². The van der Waals surface area contributed by atoms with Crippen molar-refractivity contribution in [2.24, 2.45) is 0 Å². The molecule has 0 radical (unpaired) electrons. The summed E-state index contributed by atoms with van der Waals surface area (Å²) < 4.78 is 7.80. The highest BCUT2D eigenvalue weighted by molar-refractivity contribution is 7.26. The maximum Gasteiger partial charge on any atom is 0.164 e. The Bertz CT molecular complexity index is 4550. The molecule has 6 heterocycles. The third-order valence-electron chi connectivity index (χ3n) is 14.0. The van der Waals surface area contributed by atoms with Gasteiger partial charge >= 0.3 is 0 Å². The van der Waals surface area contributed by atoms with Crippen LogP contribution in [0, 0.1) is 0 Å². The highest BCUT2D eigenvalue weighted by atomic mass is 32.1. The van der Waals surface area contributed by atoms with Gasteiger partial charge in [-0.15, -0.1) is 11.3 Å². The molecule has 0 amide bonds. The molecule has 0 spiro atoms. The summed E-state index contributed by atoms with van der Waals surface area (Å²) in [6.07, 6.45) is 0. The van der Waals surface area contributed by atoms with Crippen LogP contribution in [-0.2, 0) is 0 Å². The first kappa shape index (κ1) is 32.6. The van der Waals surface area contributed by atoms with Crippen LogP contribution in [0.1, 0.15) is 0 Å². The predicted octanol–water partition coefficient (Wildman–Crippen LogP) is 15.3. The number of hydrogen-bond acceptors (Lipinski definition) is 4. The smallest absolute Gasteiger partial charge is 0.164 e. The van der Waals surface area contributed by atoms with Gasteiger partial charge in [0.25, 0.3) is 0 Å². The van der Waals surface area contributed by atoms with Crippen LogP contribution in [0.25, 0.3) is 152 Å². The summed E-state index contributed by atoms with van der Waals surface area (Å²) in [5, 5.41) is 17.6. The largest absolute Gasteiger partial charge is 0.309 e. The number of aromatic nitrogens is 5. The molecule has 0 atom stereocenters. The number of rotatable bonds is 4. The lowest BCUT2D eigenvalue weighted by Crippen LogP contribution is -2.02. The van der Waals surface area contributed by atoms with E-state index in [1.54, 1.807) is 0 Å². The minimum absolute atomic E-state index is 0.644. The molecule has 5 nitrogen and oxygen atoms in total. The lowest BCUT2D eigenvalue weighted by molar-refractivity contribution is 1.08. The van der Waals surface area contributed by atoms with Crippen LogP contribution in [0.2, 0.25) is 0 Å². The van der Waals surface area contributed by atoms with Gasteiger partial charge in [-0.25, -0.2) is 15.0 Å². The molecular formula is C57H29N5S. The van der Waals surface area contributed by atoms with Crippen LogP contribution in [0.15, 0.2) is 176 Å². The van der Waals surface area contributed by atoms with Gasteiger partial charge in [0.1, 0.15) is 0 Å². The third kappa shape index (κ3) is 3.97. The number of nitrogens with zero attached hydrogens (tertiary/aromatic N) is 5. The predicted molar refractivity (Wildman–Crippen MR) is 264 cm³/mol. The lowest BCUT2D eigenvalue weighted by atomic mass is 9.96. The normalized spacial score (nSPS) is 12.8. The lowest BCUT2D eigenvalue weighted by Gasteiger charge is -2.16. The Kier molecular flexibility index (Phi) is 5.88. The van der Waals surface area contributed by atoms with Crippen molar-refractivity contribution >= 4 is 124 Å². The minimum Gasteiger partial charge on any atom is -0.309 e. The summed E-state index contributed by atoms with van der Waals surface area (Å²) in [7, 11) is 0. The Morgan fingerprint density at radius 2 is 0.921 bits per heavy atom. The number of benzene rings is 10. The van der Waals surface area contributed by atoms with Crippen LogP contribution in [0.3, 0.4) is 0 Å². The quantitative estimate of drug-likeness (QED) is 0.166. The second-order valence-electron chi connectivity index (χ2n) is 17.0. The van der Waals surface area contributed by atoms with E-state index < -0.39 is 0 Å². The maximum atomic E-state index is 5.39. The summed E-state index contributed by atoms with van der Waals surface area (Å²) in [4.78, 5) is 15.9. The van der Waals surface area contributed by atoms with Crippen molar-refractivity contribution in [3.05, 3.63) is 176 Å². The topological polar surface area (TPSA) is 48.0 Å². The first-order chi connectivity index (χ1) is 31.3. The summed E-state index contributed by atoms with van der Waals surface area (Å²) in [5.74, 6) is 1.94. The molecule has 0 saturated heterocycles. The van der Waals surface area contributed by atoms with Crippen LogP contribution < -0.4 is 0 Å². The second-order valence-corrected chi connectivity index (χ2v) is 18.1. The van der Waals surface area contributed by atoms with Crippen LogP contribution in [0.5, 0.6) is 0 Å². The molecule has 63 heavy (non-hydrogen) atoms. The minimum atomic E-state index is 0.644. The Labute approximate surface area is 361 Å². The highest BCUT2D eigenvalue weighted by Crippen LogP contribution is 2.53. The standard InChI is InChI=1S/C57H29N5S/c1-2-11-30(12-3-1)55-58-56(60-57(59-55)42-29-31-13-4-5-14-32(31)33-15-6-7-16-34(33)42)41-22-24-43(36-18-9-8-17-35(36)41)61-44-26-28-46-50-48(44)49-45(61)25-21-39-37-19-10-20-38-40-23-27-47(63-46)51(50)54(40)62(52(37)38)53(39)49/h1-29H. The van der Waals surface area contributed by atoms with E-state index in [2.05, 4.69) is 167 Å². The van der Waals surface area contributed by atoms with Gasteiger partial charge in [-0.3, -0.25) is 0 Å². The molecule has 16 aromatic rings. The zero-order valence-electron chi connectivity index (χ0n) is 33.4. The van der Waals surface area contributed by atoms with Gasteiger partial charge in [0.15, 0.2) is 17.5 Å². The van der Waals surface area contributed by atoms with Crippen molar-refractivity contribution < 1.29 is 0 Å². The summed E-state index contributed by atoms with van der Waals surface area (Å²) in [5.41, 5.74) is 10.4. The molecule has 0 aliphatic rings. The average Bonchev–Trinajstić information content (AvgIpc) is 4.06. The number of thiophene rings is 1. The molecule has 6 aromatic heterocycles. The fraction of sp³-hybridized carbons (Fsp3) is 0. The van der Waals surface area contributed by atoms with Crippen LogP contribution >= 0.6 is 11.3 Å². The molecule has 6 heteroatoms. The second kappa shape index (κ2) is 11.4. The van der Waals surface area contributed by atoms with E-state index >= 15 is 0 Å². The summed E-state index contributed by atoms with van der Waals surface area (Å²) in [6.45, 7) is 0. The summed E-state index contributed by atoms with van der Waals surface area (Å²) >= 11 is 1.91. The van der Waals surface area contributed by atoms with Crippen LogP contribution in [-0.4, -0.2) is 23.9 Å². The first-order valence-electron chi connectivity index (χ1n) is 21.4. The van der Waals surface area contributed by atoms with Crippen molar-refractivity contribution in [3.63, 3.8) is 0 Å². The molecule has 0 saturated carbocycles. The Hall–Kier alpha value is -8.19. The van der Waals surface area contributed by atoms with Crippen molar-refractivity contribution in [2.45, 2.75) is 0 Å². The molecule has 0 aliphatic carbocycles. The fourth-order valence-corrected chi connectivity index (χ4v) is 12.6. The molecule has 0 aliphatic heterocycles. The third-order valence-corrected chi connectivity index (χ3v) is 15.1.